The first-order valence-electron chi connectivity index (χ1n) is 5.85. The molecule has 0 amide bonds. The van der Waals surface area contributed by atoms with Crippen LogP contribution in [0.2, 0.25) is 0 Å². The van der Waals surface area contributed by atoms with Crippen molar-refractivity contribution in [2.45, 2.75) is 13.5 Å². The monoisotopic (exact) mass is 337 g/mol. The molecule has 3 rings (SSSR count). The van der Waals surface area contributed by atoms with E-state index >= 15 is 0 Å². The molecular formula is C15H13BrFNS. The van der Waals surface area contributed by atoms with E-state index in [1.807, 2.05) is 12.1 Å². The molecule has 1 aromatic heterocycles. The van der Waals surface area contributed by atoms with Crippen LogP contribution in [0, 0.1) is 12.7 Å². The summed E-state index contributed by atoms with van der Waals surface area (Å²) in [6.07, 6.45) is 0. The van der Waals surface area contributed by atoms with Crippen LogP contribution in [0.15, 0.2) is 48.0 Å². The molecule has 0 atom stereocenters. The molecule has 0 bridgehead atoms. The van der Waals surface area contributed by atoms with Crippen molar-refractivity contribution in [2.24, 2.45) is 0 Å². The molecule has 0 aliphatic heterocycles. The van der Waals surface area contributed by atoms with Crippen LogP contribution in [-0.2, 0) is 6.54 Å². The maximum atomic E-state index is 12.9. The molecule has 0 N–H and O–H groups in total. The fourth-order valence-electron chi connectivity index (χ4n) is 2.17. The topological polar surface area (TPSA) is 3.88 Å². The lowest BCUT2D eigenvalue weighted by Crippen LogP contribution is -3.00. The Hall–Kier alpha value is -1.26. The number of nitrogens with zero attached hydrogens (tertiary/aromatic N) is 1. The Kier molecular flexibility index (Phi) is 4.32. The largest absolute Gasteiger partial charge is 1.00 e. The Bertz CT molecular complexity index is 691. The number of para-hydroxylation sites is 1. The van der Waals surface area contributed by atoms with Crippen LogP contribution >= 0.6 is 11.3 Å². The van der Waals surface area contributed by atoms with Gasteiger partial charge in [-0.2, -0.15) is 4.57 Å². The van der Waals surface area contributed by atoms with E-state index in [9.17, 15) is 4.39 Å². The summed E-state index contributed by atoms with van der Waals surface area (Å²) < 4.78 is 16.4. The highest BCUT2D eigenvalue weighted by molar-refractivity contribution is 7.16. The van der Waals surface area contributed by atoms with Gasteiger partial charge < -0.3 is 17.0 Å². The molecule has 0 saturated carbocycles. The first kappa shape index (κ1) is 14.2. The van der Waals surface area contributed by atoms with Gasteiger partial charge in [-0.15, -0.1) is 0 Å². The number of aromatic nitrogens is 1. The van der Waals surface area contributed by atoms with Gasteiger partial charge in [0.15, 0.2) is 6.54 Å². The molecule has 4 heteroatoms. The highest BCUT2D eigenvalue weighted by Crippen LogP contribution is 2.19. The first-order valence-corrected chi connectivity index (χ1v) is 6.73. The van der Waals surface area contributed by atoms with Crippen molar-refractivity contribution in [1.82, 2.24) is 0 Å². The number of benzene rings is 2. The molecule has 3 aromatic rings. The van der Waals surface area contributed by atoms with E-state index in [4.69, 9.17) is 0 Å². The van der Waals surface area contributed by atoms with Crippen LogP contribution in [0.4, 0.5) is 4.39 Å². The second-order valence-corrected chi connectivity index (χ2v) is 5.29. The van der Waals surface area contributed by atoms with Crippen LogP contribution < -0.4 is 21.5 Å². The average Bonchev–Trinajstić information content (AvgIpc) is 2.77. The van der Waals surface area contributed by atoms with Crippen molar-refractivity contribution in [3.63, 3.8) is 0 Å². The second-order valence-electron chi connectivity index (χ2n) is 4.40. The Morgan fingerprint density at radius 2 is 1.84 bits per heavy atom. The van der Waals surface area contributed by atoms with Gasteiger partial charge in [-0.25, -0.2) is 4.39 Å². The summed E-state index contributed by atoms with van der Waals surface area (Å²) >= 11 is 1.74. The summed E-state index contributed by atoms with van der Waals surface area (Å²) in [5.74, 6) is -0.185. The Balaban J connectivity index is 0.00000133. The predicted molar refractivity (Wildman–Crippen MR) is 72.3 cm³/mol. The number of rotatable bonds is 2. The standard InChI is InChI=1S/C15H13FNS.BrH/c1-11-3-2-4-14-15(11)17(10-18-14)9-12-5-7-13(16)8-6-12;/h2-8,10H,9H2,1H3;1H/q+1;/p-1. The number of hydrogen-bond acceptors (Lipinski definition) is 1. The Morgan fingerprint density at radius 3 is 2.58 bits per heavy atom. The molecule has 2 aromatic carbocycles. The molecule has 98 valence electrons. The van der Waals surface area contributed by atoms with Gasteiger partial charge in [-0.05, 0) is 37.3 Å². The third-order valence-electron chi connectivity index (χ3n) is 3.06. The molecular weight excluding hydrogens is 325 g/mol. The van der Waals surface area contributed by atoms with E-state index in [1.54, 1.807) is 11.3 Å². The minimum absolute atomic E-state index is 0. The third-order valence-corrected chi connectivity index (χ3v) is 4.00. The van der Waals surface area contributed by atoms with Gasteiger partial charge in [0.05, 0.1) is 0 Å². The maximum Gasteiger partial charge on any atom is 0.226 e. The third kappa shape index (κ3) is 2.85. The molecule has 1 heterocycles. The Labute approximate surface area is 126 Å². The van der Waals surface area contributed by atoms with E-state index < -0.39 is 0 Å². The summed E-state index contributed by atoms with van der Waals surface area (Å²) in [4.78, 5) is 0. The van der Waals surface area contributed by atoms with Gasteiger partial charge in [0.2, 0.25) is 11.0 Å². The van der Waals surface area contributed by atoms with Gasteiger partial charge in [0.25, 0.3) is 0 Å². The second kappa shape index (κ2) is 5.80. The van der Waals surface area contributed by atoms with Crippen molar-refractivity contribution < 1.29 is 25.9 Å². The number of thiazole rings is 1. The lowest BCUT2D eigenvalue weighted by atomic mass is 10.2. The van der Waals surface area contributed by atoms with E-state index in [2.05, 4.69) is 35.2 Å². The zero-order valence-corrected chi connectivity index (χ0v) is 12.8. The molecule has 0 saturated heterocycles. The summed E-state index contributed by atoms with van der Waals surface area (Å²) in [5.41, 5.74) is 5.79. The van der Waals surface area contributed by atoms with E-state index in [0.29, 0.717) is 0 Å². The smallest absolute Gasteiger partial charge is 0.226 e. The average molecular weight is 338 g/mol. The van der Waals surface area contributed by atoms with Gasteiger partial charge in [-0.3, -0.25) is 0 Å². The minimum atomic E-state index is -0.185. The van der Waals surface area contributed by atoms with Gasteiger partial charge in [-0.1, -0.05) is 23.5 Å². The zero-order chi connectivity index (χ0) is 12.5. The van der Waals surface area contributed by atoms with Crippen LogP contribution in [0.25, 0.3) is 10.2 Å². The molecule has 1 nitrogen and oxygen atoms in total. The summed E-state index contributed by atoms with van der Waals surface area (Å²) in [6.45, 7) is 2.90. The molecule has 19 heavy (non-hydrogen) atoms. The van der Waals surface area contributed by atoms with Gasteiger partial charge in [0.1, 0.15) is 10.5 Å². The Morgan fingerprint density at radius 1 is 1.11 bits per heavy atom. The number of hydrogen-bond donors (Lipinski definition) is 0. The zero-order valence-electron chi connectivity index (χ0n) is 10.4. The highest BCUT2D eigenvalue weighted by atomic mass is 79.9. The SMILES string of the molecule is Cc1cccc2sc[n+](Cc3ccc(F)cc3)c12.[Br-]. The van der Waals surface area contributed by atoms with E-state index in [-0.39, 0.29) is 22.8 Å². The lowest BCUT2D eigenvalue weighted by Gasteiger charge is -1.98. The van der Waals surface area contributed by atoms with Crippen LogP contribution in [0.1, 0.15) is 11.1 Å². The minimum Gasteiger partial charge on any atom is -1.00 e. The number of fused-ring (bicyclic) bond motifs is 1. The molecule has 0 fully saturated rings. The number of halogens is 2. The van der Waals surface area contributed by atoms with Crippen LogP contribution in [-0.4, -0.2) is 0 Å². The highest BCUT2D eigenvalue weighted by Gasteiger charge is 2.14. The normalized spacial score (nSPS) is 10.4. The van der Waals surface area contributed by atoms with Crippen molar-refractivity contribution in [1.29, 1.82) is 0 Å². The summed E-state index contributed by atoms with van der Waals surface area (Å²) in [5, 5.41) is 0. The van der Waals surface area contributed by atoms with Crippen molar-refractivity contribution in [2.75, 3.05) is 0 Å². The first-order chi connectivity index (χ1) is 8.74. The summed E-state index contributed by atoms with van der Waals surface area (Å²) in [6, 6.07) is 13.0. The molecule has 0 aliphatic rings. The molecule has 0 unspecified atom stereocenters. The fourth-order valence-corrected chi connectivity index (χ4v) is 3.14. The predicted octanol–water partition coefficient (Wildman–Crippen LogP) is 0.689. The van der Waals surface area contributed by atoms with E-state index in [1.165, 1.54) is 27.9 Å². The fraction of sp³-hybridized carbons (Fsp3) is 0.133. The number of aryl methyl sites for hydroxylation is 1. The van der Waals surface area contributed by atoms with Crippen LogP contribution in [0.5, 0.6) is 0 Å². The van der Waals surface area contributed by atoms with Gasteiger partial charge in [0, 0.05) is 11.1 Å². The molecule has 0 spiro atoms. The maximum absolute atomic E-state index is 12.9. The van der Waals surface area contributed by atoms with Gasteiger partial charge >= 0.3 is 0 Å². The van der Waals surface area contributed by atoms with E-state index in [0.717, 1.165) is 12.1 Å². The lowest BCUT2D eigenvalue weighted by molar-refractivity contribution is -0.658. The molecule has 0 aliphatic carbocycles. The van der Waals surface area contributed by atoms with Crippen molar-refractivity contribution in [3.8, 4) is 0 Å². The molecule has 0 radical (unpaired) electrons. The summed E-state index contributed by atoms with van der Waals surface area (Å²) in [7, 11) is 0. The van der Waals surface area contributed by atoms with Crippen molar-refractivity contribution >= 4 is 21.6 Å². The quantitative estimate of drug-likeness (QED) is 0.606. The van der Waals surface area contributed by atoms with Crippen LogP contribution in [0.3, 0.4) is 0 Å². The van der Waals surface area contributed by atoms with Crippen molar-refractivity contribution in [3.05, 3.63) is 64.9 Å².